The number of benzene rings is 5. The number of rotatable bonds is 32. The predicted octanol–water partition coefficient (Wildman–Crippen LogP) is 27.7. The highest BCUT2D eigenvalue weighted by atomic mass is 16.5. The third-order valence-corrected chi connectivity index (χ3v) is 22.2. The molecule has 1 unspecified atom stereocenters. The maximum atomic E-state index is 12.7. The number of carboxylic acids is 4. The number of esters is 1. The van der Waals surface area contributed by atoms with E-state index in [4.69, 9.17) is 25.2 Å². The normalized spacial score (nSPS) is 12.5. The summed E-state index contributed by atoms with van der Waals surface area (Å²) in [5, 5.41) is 89.4. The Balaban J connectivity index is 0.000000792. The number of phenolic OH excluding ortho intramolecular Hbond substituents is 5. The summed E-state index contributed by atoms with van der Waals surface area (Å²) in [5.41, 5.74) is 11.7. The fourth-order valence-electron chi connectivity index (χ4n) is 14.7. The molecule has 0 radical (unpaired) electrons. The molecule has 15 heteroatoms. The number of hydrogen-bond donors (Lipinski definition) is 9. The topological polar surface area (TPSA) is 277 Å². The number of aliphatic carboxylic acids is 4. The van der Waals surface area contributed by atoms with Crippen LogP contribution in [0.1, 0.15) is 407 Å². The zero-order chi connectivity index (χ0) is 95.7. The fraction of sp³-hybridized carbons (Fsp3) is 0.602. The number of hydrogen-bond acceptors (Lipinski definition) is 11. The van der Waals surface area contributed by atoms with Gasteiger partial charge in [-0.3, -0.25) is 4.79 Å². The van der Waals surface area contributed by atoms with Crippen molar-refractivity contribution in [1.82, 2.24) is 0 Å². The molecule has 690 valence electrons. The van der Waals surface area contributed by atoms with Crippen molar-refractivity contribution in [3.8, 4) is 28.7 Å². The molecule has 0 aliphatic heterocycles. The molecule has 0 aromatic heterocycles. The molecule has 5 aromatic carbocycles. The zero-order valence-electron chi connectivity index (χ0n) is 82.7. The summed E-state index contributed by atoms with van der Waals surface area (Å²) in [6, 6.07) is 19.3. The van der Waals surface area contributed by atoms with Crippen molar-refractivity contribution in [1.29, 1.82) is 0 Å². The number of carboxylic acid groups (broad SMARTS) is 4. The van der Waals surface area contributed by atoms with Crippen molar-refractivity contribution in [3.63, 3.8) is 0 Å². The second kappa shape index (κ2) is 47.1. The van der Waals surface area contributed by atoms with E-state index in [1.54, 1.807) is 0 Å². The van der Waals surface area contributed by atoms with Gasteiger partial charge in [0, 0.05) is 48.0 Å². The molecule has 0 saturated carbocycles. The van der Waals surface area contributed by atoms with E-state index >= 15 is 0 Å². The summed E-state index contributed by atoms with van der Waals surface area (Å²) in [6.45, 7) is 78.2. The summed E-state index contributed by atoms with van der Waals surface area (Å²) in [4.78, 5) is 56.6. The Morgan fingerprint density at radius 1 is 0.268 bits per heavy atom. The van der Waals surface area contributed by atoms with Crippen LogP contribution in [-0.2, 0) is 115 Å². The van der Waals surface area contributed by atoms with Gasteiger partial charge in [-0.1, -0.05) is 404 Å². The molecule has 0 fully saturated rings. The maximum Gasteiger partial charge on any atom is 0.331 e. The van der Waals surface area contributed by atoms with Crippen molar-refractivity contribution in [2.45, 2.75) is 410 Å². The minimum Gasteiger partial charge on any atom is -0.507 e. The quantitative estimate of drug-likeness (QED) is 0.0110. The van der Waals surface area contributed by atoms with Gasteiger partial charge in [0.1, 0.15) is 28.7 Å². The van der Waals surface area contributed by atoms with E-state index in [1.165, 1.54) is 103 Å². The van der Waals surface area contributed by atoms with E-state index in [0.717, 1.165) is 96.3 Å². The Labute approximate surface area is 744 Å². The molecule has 5 aromatic rings. The molecule has 15 nitrogen and oxygen atoms in total. The van der Waals surface area contributed by atoms with Crippen molar-refractivity contribution < 1.29 is 74.7 Å². The van der Waals surface area contributed by atoms with Crippen molar-refractivity contribution in [2.75, 3.05) is 7.11 Å². The van der Waals surface area contributed by atoms with E-state index in [0.29, 0.717) is 35.2 Å². The molecule has 0 aliphatic rings. The Hall–Kier alpha value is -8.59. The lowest BCUT2D eigenvalue weighted by atomic mass is 9.77. The van der Waals surface area contributed by atoms with Crippen LogP contribution in [0.15, 0.2) is 109 Å². The third-order valence-electron chi connectivity index (χ3n) is 22.2. The number of methoxy groups -OCH3 is 1. The highest BCUT2D eigenvalue weighted by molar-refractivity contribution is 5.88. The largest absolute Gasteiger partial charge is 0.507 e. The molecule has 0 saturated heterocycles. The number of phenols is 5. The van der Waals surface area contributed by atoms with Crippen LogP contribution in [-0.4, -0.2) is 82.9 Å². The minimum atomic E-state index is -0.988. The fourth-order valence-corrected chi connectivity index (χ4v) is 14.7. The van der Waals surface area contributed by atoms with Crippen LogP contribution in [0.5, 0.6) is 28.7 Å². The summed E-state index contributed by atoms with van der Waals surface area (Å²) < 4.78 is 5.19. The summed E-state index contributed by atoms with van der Waals surface area (Å²) in [5.74, 6) is -2.58. The Bertz CT molecular complexity index is 3770. The molecule has 9 N–H and O–H groups in total. The van der Waals surface area contributed by atoms with Gasteiger partial charge in [-0.25, -0.2) is 19.2 Å². The standard InChI is InChI=1S/C36H64O3.4C18H26O3/c1-9-10-11-12-13-14-15-16-17-18-19-20-21-22-23-24-25-30(34(38)39-8)26-29-27-31(35(2,3)4)33(37)32(28-29)36(5,6)7;4*1-11(16(20)21)8-12-9-13(17(2,3)4)15(19)14(10-12)18(5,6)7/h27-28,30,37H,9-26H2,1-8H3;4*9-10,19H,1,8H2,2-7H3,(H,20,21). The first-order valence-electron chi connectivity index (χ1n) is 44.8. The molecule has 1 atom stereocenters. The highest BCUT2D eigenvalue weighted by Crippen LogP contribution is 2.46. The number of unbranched alkanes of at least 4 members (excludes halogenated alkanes) is 15. The smallest absolute Gasteiger partial charge is 0.331 e. The third kappa shape index (κ3) is 38.4. The zero-order valence-corrected chi connectivity index (χ0v) is 82.7. The van der Waals surface area contributed by atoms with Gasteiger partial charge in [-0.2, -0.15) is 0 Å². The van der Waals surface area contributed by atoms with Crippen LogP contribution in [0.2, 0.25) is 0 Å². The first kappa shape index (κ1) is 112. The molecule has 0 bridgehead atoms. The second-order valence-electron chi connectivity index (χ2n) is 44.6. The van der Waals surface area contributed by atoms with Gasteiger partial charge < -0.3 is 50.7 Å². The van der Waals surface area contributed by atoms with Crippen LogP contribution >= 0.6 is 0 Å². The second-order valence-corrected chi connectivity index (χ2v) is 44.6. The summed E-state index contributed by atoms with van der Waals surface area (Å²) in [7, 11) is 1.50. The van der Waals surface area contributed by atoms with Gasteiger partial charge in [0.2, 0.25) is 0 Å². The molecule has 0 aliphatic carbocycles. The van der Waals surface area contributed by atoms with E-state index in [1.807, 2.05) is 215 Å². The molecular weight excluding hydrogens is 1540 g/mol. The number of carbonyl (C=O) groups excluding carboxylic acids is 1. The van der Waals surface area contributed by atoms with Gasteiger partial charge in [-0.05, 0) is 150 Å². The maximum absolute atomic E-state index is 12.7. The lowest BCUT2D eigenvalue weighted by Gasteiger charge is -2.28. The average molecular weight is 1710 g/mol. The first-order chi connectivity index (χ1) is 55.8. The molecule has 123 heavy (non-hydrogen) atoms. The predicted molar refractivity (Wildman–Crippen MR) is 513 cm³/mol. The SMILES string of the molecule is C=C(Cc1cc(C(C)(C)C)c(O)c(C(C)(C)C)c1)C(=O)O.C=C(Cc1cc(C(C)(C)C)c(O)c(C(C)(C)C)c1)C(=O)O.C=C(Cc1cc(C(C)(C)C)c(O)c(C(C)(C)C)c1)C(=O)O.C=C(Cc1cc(C(C)(C)C)c(O)c(C(C)(C)C)c1)C(=O)O.CCCCCCCCCCCCCCCCCCC(Cc1cc(C(C)(C)C)c(O)c(C(C)(C)C)c1)C(=O)OC. The van der Waals surface area contributed by atoms with Crippen LogP contribution < -0.4 is 0 Å². The van der Waals surface area contributed by atoms with Gasteiger partial charge in [0.25, 0.3) is 0 Å². The first-order valence-corrected chi connectivity index (χ1v) is 44.8. The van der Waals surface area contributed by atoms with Gasteiger partial charge in [-0.15, -0.1) is 0 Å². The monoisotopic (exact) mass is 1710 g/mol. The Kier molecular flexibility index (Phi) is 43.1. The Morgan fingerprint density at radius 3 is 0.553 bits per heavy atom. The van der Waals surface area contributed by atoms with Crippen molar-refractivity contribution in [2.24, 2.45) is 5.92 Å². The van der Waals surface area contributed by atoms with E-state index in [2.05, 4.69) is 86.9 Å². The van der Waals surface area contributed by atoms with E-state index < -0.39 is 23.9 Å². The summed E-state index contributed by atoms with van der Waals surface area (Å²) in [6.07, 6.45) is 24.3. The van der Waals surface area contributed by atoms with Gasteiger partial charge in [0.15, 0.2) is 0 Å². The Morgan fingerprint density at radius 2 is 0.415 bits per heavy atom. The van der Waals surface area contributed by atoms with Crippen molar-refractivity contribution in [3.05, 3.63) is 193 Å². The molecule has 0 amide bonds. The van der Waals surface area contributed by atoms with Crippen LogP contribution in [0.25, 0.3) is 0 Å². The lowest BCUT2D eigenvalue weighted by molar-refractivity contribution is -0.145. The highest BCUT2D eigenvalue weighted by Gasteiger charge is 2.34. The average Bonchev–Trinajstić information content (AvgIpc) is 0.802. The molecule has 0 spiro atoms. The van der Waals surface area contributed by atoms with Gasteiger partial charge in [0.05, 0.1) is 13.0 Å². The van der Waals surface area contributed by atoms with E-state index in [-0.39, 0.29) is 114 Å². The molecule has 5 rings (SSSR count). The molecule has 0 heterocycles. The number of ether oxygens (including phenoxy) is 1. The minimum absolute atomic E-state index is 0.112. The van der Waals surface area contributed by atoms with Gasteiger partial charge >= 0.3 is 29.8 Å². The lowest BCUT2D eigenvalue weighted by Crippen LogP contribution is -2.21. The van der Waals surface area contributed by atoms with Crippen molar-refractivity contribution >= 4 is 29.8 Å². The van der Waals surface area contributed by atoms with Crippen LogP contribution in [0.4, 0.5) is 0 Å². The number of aromatic hydroxyl groups is 5. The number of carbonyl (C=O) groups is 5. The van der Waals surface area contributed by atoms with Crippen LogP contribution in [0.3, 0.4) is 0 Å². The van der Waals surface area contributed by atoms with E-state index in [9.17, 15) is 49.5 Å². The summed E-state index contributed by atoms with van der Waals surface area (Å²) >= 11 is 0. The van der Waals surface area contributed by atoms with Crippen LogP contribution in [0, 0.1) is 5.92 Å². The molecular formula is C108H168O15.